The molecule has 0 fully saturated rings. The normalized spacial score (nSPS) is 9.29. The van der Waals surface area contributed by atoms with Crippen LogP contribution in [-0.2, 0) is 0 Å². The van der Waals surface area contributed by atoms with Gasteiger partial charge in [-0.15, -0.1) is 0 Å². The number of hydrogen-bond donors (Lipinski definition) is 3. The summed E-state index contributed by atoms with van der Waals surface area (Å²) in [6, 6.07) is 7.54. The minimum Gasteiger partial charge on any atom is -0.337 e. The van der Waals surface area contributed by atoms with Crippen LogP contribution in [0.15, 0.2) is 24.3 Å². The Bertz CT molecular complexity index is 312. The molecule has 0 unspecified atom stereocenters. The minimum atomic E-state index is -0.228. The molecule has 1 aromatic carbocycles. The first-order valence-electron chi connectivity index (χ1n) is 4.59. The number of aryl methyl sites for hydroxylation is 1. The van der Waals surface area contributed by atoms with Gasteiger partial charge in [0.15, 0.2) is 0 Å². The zero-order chi connectivity index (χ0) is 10.4. The second-order valence-electron chi connectivity index (χ2n) is 2.98. The Hall–Kier alpha value is -1.71. The van der Waals surface area contributed by atoms with Gasteiger partial charge in [0.05, 0.1) is 5.69 Å². The number of urea groups is 1. The Morgan fingerprint density at radius 3 is 2.86 bits per heavy atom. The minimum absolute atomic E-state index is 0.228. The van der Waals surface area contributed by atoms with Crippen LogP contribution < -0.4 is 16.2 Å². The molecule has 14 heavy (non-hydrogen) atoms. The summed E-state index contributed by atoms with van der Waals surface area (Å²) in [6.45, 7) is 4.48. The van der Waals surface area contributed by atoms with Gasteiger partial charge in [-0.2, -0.15) is 0 Å². The SMILES string of the molecule is CCNC(=O)NNc1cccc(C)c1. The number of amides is 2. The van der Waals surface area contributed by atoms with Gasteiger partial charge in [-0.1, -0.05) is 12.1 Å². The van der Waals surface area contributed by atoms with Crippen LogP contribution in [0.1, 0.15) is 12.5 Å². The summed E-state index contributed by atoms with van der Waals surface area (Å²) in [4.78, 5) is 11.0. The highest BCUT2D eigenvalue weighted by atomic mass is 16.2. The third-order valence-corrected chi connectivity index (χ3v) is 1.68. The third-order valence-electron chi connectivity index (χ3n) is 1.68. The Balaban J connectivity index is 2.41. The van der Waals surface area contributed by atoms with E-state index in [2.05, 4.69) is 16.2 Å². The second-order valence-corrected chi connectivity index (χ2v) is 2.98. The molecule has 0 aliphatic carbocycles. The van der Waals surface area contributed by atoms with Crippen LogP contribution in [0.5, 0.6) is 0 Å². The lowest BCUT2D eigenvalue weighted by Crippen LogP contribution is -2.38. The smallest absolute Gasteiger partial charge is 0.333 e. The Labute approximate surface area is 83.7 Å². The van der Waals surface area contributed by atoms with Crippen LogP contribution in [0, 0.1) is 6.92 Å². The molecule has 0 bridgehead atoms. The van der Waals surface area contributed by atoms with E-state index in [1.54, 1.807) is 0 Å². The van der Waals surface area contributed by atoms with Gasteiger partial charge in [0.25, 0.3) is 0 Å². The van der Waals surface area contributed by atoms with Crippen LogP contribution in [0.4, 0.5) is 10.5 Å². The summed E-state index contributed by atoms with van der Waals surface area (Å²) in [5.74, 6) is 0. The number of rotatable bonds is 3. The molecule has 0 radical (unpaired) electrons. The van der Waals surface area contributed by atoms with Gasteiger partial charge in [0.2, 0.25) is 0 Å². The average Bonchev–Trinajstić information content (AvgIpc) is 2.15. The topological polar surface area (TPSA) is 53.2 Å². The number of hydrogen-bond acceptors (Lipinski definition) is 2. The fourth-order valence-corrected chi connectivity index (χ4v) is 1.06. The highest BCUT2D eigenvalue weighted by Gasteiger charge is 1.96. The predicted octanol–water partition coefficient (Wildman–Crippen LogP) is 1.64. The van der Waals surface area contributed by atoms with Crippen molar-refractivity contribution in [3.63, 3.8) is 0 Å². The summed E-state index contributed by atoms with van der Waals surface area (Å²) in [5, 5.41) is 2.62. The quantitative estimate of drug-likeness (QED) is 0.639. The van der Waals surface area contributed by atoms with Gasteiger partial charge in [-0.05, 0) is 31.5 Å². The van der Waals surface area contributed by atoms with Gasteiger partial charge >= 0.3 is 6.03 Å². The first kappa shape index (κ1) is 10.4. The van der Waals surface area contributed by atoms with Crippen LogP contribution in [0.3, 0.4) is 0 Å². The molecule has 3 N–H and O–H groups in total. The lowest BCUT2D eigenvalue weighted by Gasteiger charge is -2.08. The van der Waals surface area contributed by atoms with Gasteiger partial charge in [0, 0.05) is 6.54 Å². The van der Waals surface area contributed by atoms with E-state index in [-0.39, 0.29) is 6.03 Å². The average molecular weight is 193 g/mol. The number of benzene rings is 1. The van der Waals surface area contributed by atoms with E-state index in [0.717, 1.165) is 11.3 Å². The highest BCUT2D eigenvalue weighted by Crippen LogP contribution is 2.07. The van der Waals surface area contributed by atoms with E-state index >= 15 is 0 Å². The molecule has 0 spiro atoms. The summed E-state index contributed by atoms with van der Waals surface area (Å²) in [5.41, 5.74) is 7.35. The number of nitrogens with one attached hydrogen (secondary N) is 3. The van der Waals surface area contributed by atoms with Gasteiger partial charge in [0.1, 0.15) is 0 Å². The molecule has 4 heteroatoms. The van der Waals surface area contributed by atoms with E-state index in [1.165, 1.54) is 0 Å². The molecule has 0 aliphatic rings. The number of anilines is 1. The fraction of sp³-hybridized carbons (Fsp3) is 0.300. The summed E-state index contributed by atoms with van der Waals surface area (Å²) in [6.07, 6.45) is 0. The second kappa shape index (κ2) is 5.11. The lowest BCUT2D eigenvalue weighted by molar-refractivity contribution is 0.243. The fourth-order valence-electron chi connectivity index (χ4n) is 1.06. The first-order chi connectivity index (χ1) is 6.72. The molecular formula is C10H15N3O. The molecule has 0 saturated heterocycles. The first-order valence-corrected chi connectivity index (χ1v) is 4.59. The van der Waals surface area contributed by atoms with E-state index in [9.17, 15) is 4.79 Å². The lowest BCUT2D eigenvalue weighted by atomic mass is 10.2. The van der Waals surface area contributed by atoms with E-state index in [4.69, 9.17) is 0 Å². The third kappa shape index (κ3) is 3.35. The van der Waals surface area contributed by atoms with E-state index < -0.39 is 0 Å². The number of hydrazine groups is 1. The Morgan fingerprint density at radius 2 is 2.21 bits per heavy atom. The Morgan fingerprint density at radius 1 is 1.43 bits per heavy atom. The molecule has 0 heterocycles. The van der Waals surface area contributed by atoms with Gasteiger partial charge < -0.3 is 5.32 Å². The molecular weight excluding hydrogens is 178 g/mol. The van der Waals surface area contributed by atoms with Crippen LogP contribution in [0.2, 0.25) is 0 Å². The monoisotopic (exact) mass is 193 g/mol. The molecule has 1 rings (SSSR count). The van der Waals surface area contributed by atoms with Crippen LogP contribution in [-0.4, -0.2) is 12.6 Å². The van der Waals surface area contributed by atoms with Crippen LogP contribution >= 0.6 is 0 Å². The maximum absolute atomic E-state index is 11.0. The van der Waals surface area contributed by atoms with Crippen molar-refractivity contribution >= 4 is 11.7 Å². The molecule has 0 aliphatic heterocycles. The maximum Gasteiger partial charge on any atom is 0.333 e. The van der Waals surface area contributed by atoms with Crippen molar-refractivity contribution in [1.82, 2.24) is 10.7 Å². The summed E-state index contributed by atoms with van der Waals surface area (Å²) in [7, 11) is 0. The van der Waals surface area contributed by atoms with Crippen molar-refractivity contribution in [2.24, 2.45) is 0 Å². The van der Waals surface area contributed by atoms with Crippen molar-refractivity contribution in [1.29, 1.82) is 0 Å². The zero-order valence-electron chi connectivity index (χ0n) is 8.42. The molecule has 76 valence electrons. The van der Waals surface area contributed by atoms with Crippen LogP contribution in [0.25, 0.3) is 0 Å². The molecule has 2 amide bonds. The highest BCUT2D eigenvalue weighted by molar-refractivity contribution is 5.75. The molecule has 4 nitrogen and oxygen atoms in total. The van der Waals surface area contributed by atoms with Gasteiger partial charge in [-0.3, -0.25) is 10.9 Å². The maximum atomic E-state index is 11.0. The number of carbonyl (C=O) groups is 1. The molecule has 0 aromatic heterocycles. The van der Waals surface area contributed by atoms with E-state index in [0.29, 0.717) is 6.54 Å². The van der Waals surface area contributed by atoms with Crippen molar-refractivity contribution < 1.29 is 4.79 Å². The molecule has 0 saturated carbocycles. The van der Waals surface area contributed by atoms with Crippen molar-refractivity contribution in [3.8, 4) is 0 Å². The molecule has 0 atom stereocenters. The van der Waals surface area contributed by atoms with Crippen molar-refractivity contribution in [3.05, 3.63) is 29.8 Å². The molecule has 1 aromatic rings. The predicted molar refractivity (Wildman–Crippen MR) is 57.0 cm³/mol. The standard InChI is InChI=1S/C10H15N3O/c1-3-11-10(14)13-12-9-6-4-5-8(2)7-9/h4-7,12H,3H2,1-2H3,(H2,11,13,14). The Kier molecular flexibility index (Phi) is 3.79. The van der Waals surface area contributed by atoms with Gasteiger partial charge in [-0.25, -0.2) is 4.79 Å². The largest absolute Gasteiger partial charge is 0.337 e. The number of carbonyl (C=O) groups excluding carboxylic acids is 1. The summed E-state index contributed by atoms with van der Waals surface area (Å²) >= 11 is 0. The van der Waals surface area contributed by atoms with Crippen molar-refractivity contribution in [2.45, 2.75) is 13.8 Å². The van der Waals surface area contributed by atoms with Crippen molar-refractivity contribution in [2.75, 3.05) is 12.0 Å². The zero-order valence-corrected chi connectivity index (χ0v) is 8.42. The van der Waals surface area contributed by atoms with E-state index in [1.807, 2.05) is 38.1 Å². The summed E-state index contributed by atoms with van der Waals surface area (Å²) < 4.78 is 0.